The van der Waals surface area contributed by atoms with Crippen LogP contribution in [0.25, 0.3) is 0 Å². The normalized spacial score (nSPS) is 16.8. The van der Waals surface area contributed by atoms with Crippen molar-refractivity contribution in [2.75, 3.05) is 10.2 Å². The Bertz CT molecular complexity index is 1320. The average Bonchev–Trinajstić information content (AvgIpc) is 3.12. The van der Waals surface area contributed by atoms with Gasteiger partial charge in [-0.2, -0.15) is 5.26 Å². The van der Waals surface area contributed by atoms with Crippen molar-refractivity contribution in [2.24, 2.45) is 0 Å². The first-order valence-electron chi connectivity index (χ1n) is 10.4. The van der Waals surface area contributed by atoms with E-state index in [0.717, 1.165) is 11.1 Å². The Balaban J connectivity index is 1.72. The lowest BCUT2D eigenvalue weighted by atomic mass is 10.1. The van der Waals surface area contributed by atoms with E-state index in [1.165, 1.54) is 40.9 Å². The van der Waals surface area contributed by atoms with Crippen LogP contribution in [0.4, 0.5) is 15.8 Å². The standard InChI is InChI=1S/C26H19ClFN3O2S/c1-16-5-11-21(12-6-16)31-25(33)23(14-17-3-2-4-18(27)13-17)34-26(31)22(15-29)24(32)30-20-9-7-19(28)8-10-20/h2-13,23H,14H2,1H3,(H,30,32)/b26-22+/t23-/m0/s1. The first-order chi connectivity index (χ1) is 16.4. The number of amides is 2. The molecular weight excluding hydrogens is 473 g/mol. The van der Waals surface area contributed by atoms with Gasteiger partial charge in [0.15, 0.2) is 0 Å². The van der Waals surface area contributed by atoms with E-state index >= 15 is 0 Å². The quantitative estimate of drug-likeness (QED) is 0.359. The zero-order valence-corrected chi connectivity index (χ0v) is 19.7. The summed E-state index contributed by atoms with van der Waals surface area (Å²) in [6, 6.07) is 21.7. The van der Waals surface area contributed by atoms with Gasteiger partial charge < -0.3 is 5.32 Å². The van der Waals surface area contributed by atoms with E-state index in [1.54, 1.807) is 24.3 Å². The van der Waals surface area contributed by atoms with Crippen molar-refractivity contribution < 1.29 is 14.0 Å². The summed E-state index contributed by atoms with van der Waals surface area (Å²) in [5, 5.41) is 12.8. The molecule has 1 saturated heterocycles. The molecule has 1 heterocycles. The number of hydrogen-bond acceptors (Lipinski definition) is 4. The van der Waals surface area contributed by atoms with Gasteiger partial charge in [-0.05, 0) is 67.4 Å². The number of nitriles is 1. The third kappa shape index (κ3) is 5.14. The number of aryl methyl sites for hydroxylation is 1. The van der Waals surface area contributed by atoms with Crippen LogP contribution in [0.1, 0.15) is 11.1 Å². The molecule has 2 amide bonds. The highest BCUT2D eigenvalue weighted by Crippen LogP contribution is 2.42. The van der Waals surface area contributed by atoms with Crippen molar-refractivity contribution in [2.45, 2.75) is 18.6 Å². The molecule has 0 aromatic heterocycles. The molecule has 0 unspecified atom stereocenters. The van der Waals surface area contributed by atoms with Crippen molar-refractivity contribution in [1.82, 2.24) is 0 Å². The predicted molar refractivity (Wildman–Crippen MR) is 133 cm³/mol. The van der Waals surface area contributed by atoms with Gasteiger partial charge in [0, 0.05) is 16.4 Å². The SMILES string of the molecule is Cc1ccc(N2C(=O)[C@H](Cc3cccc(Cl)c3)S/C2=C(\C#N)C(=O)Nc2ccc(F)cc2)cc1. The molecule has 5 nitrogen and oxygen atoms in total. The van der Waals surface area contributed by atoms with Gasteiger partial charge in [-0.1, -0.05) is 53.2 Å². The first kappa shape index (κ1) is 23.6. The Morgan fingerprint density at radius 3 is 2.50 bits per heavy atom. The maximum atomic E-state index is 13.5. The molecule has 0 saturated carbocycles. The van der Waals surface area contributed by atoms with Gasteiger partial charge in [-0.3, -0.25) is 14.5 Å². The lowest BCUT2D eigenvalue weighted by Crippen LogP contribution is -2.30. The summed E-state index contributed by atoms with van der Waals surface area (Å²) in [6.45, 7) is 1.93. The number of carbonyl (C=O) groups is 2. The molecule has 1 N–H and O–H groups in total. The van der Waals surface area contributed by atoms with Crippen LogP contribution in [0.2, 0.25) is 5.02 Å². The first-order valence-corrected chi connectivity index (χ1v) is 11.6. The molecule has 8 heteroatoms. The second-order valence-corrected chi connectivity index (χ2v) is 9.33. The number of hydrogen-bond donors (Lipinski definition) is 1. The number of benzene rings is 3. The number of thioether (sulfide) groups is 1. The van der Waals surface area contributed by atoms with Gasteiger partial charge in [0.1, 0.15) is 22.5 Å². The molecule has 1 fully saturated rings. The molecule has 3 aromatic carbocycles. The Kier molecular flexibility index (Phi) is 7.01. The van der Waals surface area contributed by atoms with E-state index in [9.17, 15) is 19.2 Å². The molecule has 0 radical (unpaired) electrons. The van der Waals surface area contributed by atoms with E-state index in [-0.39, 0.29) is 16.5 Å². The van der Waals surface area contributed by atoms with Gasteiger partial charge in [-0.15, -0.1) is 0 Å². The van der Waals surface area contributed by atoms with Crippen LogP contribution in [0, 0.1) is 24.1 Å². The molecule has 1 aliphatic rings. The van der Waals surface area contributed by atoms with Crippen LogP contribution < -0.4 is 10.2 Å². The monoisotopic (exact) mass is 491 g/mol. The molecule has 0 spiro atoms. The Morgan fingerprint density at radius 1 is 1.15 bits per heavy atom. The van der Waals surface area contributed by atoms with E-state index in [1.807, 2.05) is 37.3 Å². The Labute approximate surface area is 205 Å². The van der Waals surface area contributed by atoms with Gasteiger partial charge in [0.2, 0.25) is 5.91 Å². The minimum Gasteiger partial charge on any atom is -0.321 e. The minimum atomic E-state index is -0.676. The van der Waals surface area contributed by atoms with Crippen LogP contribution in [0.15, 0.2) is 83.4 Å². The zero-order chi connectivity index (χ0) is 24.2. The summed E-state index contributed by atoms with van der Waals surface area (Å²) < 4.78 is 13.2. The maximum absolute atomic E-state index is 13.5. The van der Waals surface area contributed by atoms with Crippen molar-refractivity contribution in [3.05, 3.63) is 105 Å². The van der Waals surface area contributed by atoms with Gasteiger partial charge in [0.25, 0.3) is 5.91 Å². The summed E-state index contributed by atoms with van der Waals surface area (Å²) in [7, 11) is 0. The zero-order valence-electron chi connectivity index (χ0n) is 18.1. The number of anilines is 2. The third-order valence-electron chi connectivity index (χ3n) is 5.21. The van der Waals surface area contributed by atoms with Gasteiger partial charge >= 0.3 is 0 Å². The third-order valence-corrected chi connectivity index (χ3v) is 6.71. The number of nitrogens with zero attached hydrogens (tertiary/aromatic N) is 2. The van der Waals surface area contributed by atoms with E-state index in [4.69, 9.17) is 11.6 Å². The predicted octanol–water partition coefficient (Wildman–Crippen LogP) is 5.85. The highest BCUT2D eigenvalue weighted by molar-refractivity contribution is 8.05. The van der Waals surface area contributed by atoms with Crippen molar-refractivity contribution in [1.29, 1.82) is 5.26 Å². The van der Waals surface area contributed by atoms with Crippen molar-refractivity contribution >= 4 is 46.6 Å². The second kappa shape index (κ2) is 10.1. The summed E-state index contributed by atoms with van der Waals surface area (Å²) >= 11 is 7.28. The highest BCUT2D eigenvalue weighted by Gasteiger charge is 2.40. The van der Waals surface area contributed by atoms with Crippen molar-refractivity contribution in [3.63, 3.8) is 0 Å². The smallest absolute Gasteiger partial charge is 0.269 e. The molecular formula is C26H19ClFN3O2S. The Morgan fingerprint density at radius 2 is 1.85 bits per heavy atom. The van der Waals surface area contributed by atoms with Crippen molar-refractivity contribution in [3.8, 4) is 6.07 Å². The van der Waals surface area contributed by atoms with E-state index < -0.39 is 17.0 Å². The van der Waals surface area contributed by atoms with Gasteiger partial charge in [0.05, 0.1) is 5.25 Å². The van der Waals surface area contributed by atoms with Gasteiger partial charge in [-0.25, -0.2) is 4.39 Å². The largest absolute Gasteiger partial charge is 0.321 e. The lowest BCUT2D eigenvalue weighted by molar-refractivity contribution is -0.117. The molecule has 170 valence electrons. The maximum Gasteiger partial charge on any atom is 0.269 e. The number of rotatable bonds is 5. The molecule has 0 bridgehead atoms. The molecule has 4 rings (SSSR count). The summed E-state index contributed by atoms with van der Waals surface area (Å²) in [5.74, 6) is -1.35. The fourth-order valence-corrected chi connectivity index (χ4v) is 5.04. The summed E-state index contributed by atoms with van der Waals surface area (Å²) in [4.78, 5) is 27.9. The number of carbonyl (C=O) groups excluding carboxylic acids is 2. The topological polar surface area (TPSA) is 73.2 Å². The van der Waals surface area contributed by atoms with Crippen LogP contribution in [0.5, 0.6) is 0 Å². The second-order valence-electron chi connectivity index (χ2n) is 7.70. The average molecular weight is 492 g/mol. The molecule has 34 heavy (non-hydrogen) atoms. The number of nitrogens with one attached hydrogen (secondary N) is 1. The van der Waals surface area contributed by atoms with Crippen LogP contribution >= 0.6 is 23.4 Å². The van der Waals surface area contributed by atoms with Crippen LogP contribution in [-0.4, -0.2) is 17.1 Å². The summed E-state index contributed by atoms with van der Waals surface area (Å²) in [5.41, 5.74) is 2.59. The minimum absolute atomic E-state index is 0.197. The molecule has 1 aliphatic heterocycles. The fourth-order valence-electron chi connectivity index (χ4n) is 3.52. The lowest BCUT2D eigenvalue weighted by Gasteiger charge is -2.19. The Hall–Kier alpha value is -3.60. The fraction of sp³-hybridized carbons (Fsp3) is 0.115. The molecule has 1 atom stereocenters. The molecule has 0 aliphatic carbocycles. The highest BCUT2D eigenvalue weighted by atomic mass is 35.5. The number of halogens is 2. The van der Waals surface area contributed by atoms with Crippen LogP contribution in [-0.2, 0) is 16.0 Å². The summed E-state index contributed by atoms with van der Waals surface area (Å²) in [6.07, 6.45) is 0.383. The van der Waals surface area contributed by atoms with E-state index in [2.05, 4.69) is 5.32 Å². The van der Waals surface area contributed by atoms with E-state index in [0.29, 0.717) is 22.8 Å². The van der Waals surface area contributed by atoms with Crippen LogP contribution in [0.3, 0.4) is 0 Å². The molecule has 3 aromatic rings.